The number of hydrogen-bond acceptors (Lipinski definition) is 2. The minimum Gasteiger partial charge on any atom is -0.348 e. The van der Waals surface area contributed by atoms with Crippen molar-refractivity contribution in [1.29, 1.82) is 0 Å². The summed E-state index contributed by atoms with van der Waals surface area (Å²) in [6.07, 6.45) is 4.19. The van der Waals surface area contributed by atoms with Crippen molar-refractivity contribution in [3.05, 3.63) is 82.9 Å². The third-order valence-electron chi connectivity index (χ3n) is 5.59. The first-order valence-electron chi connectivity index (χ1n) is 10.9. The predicted octanol–water partition coefficient (Wildman–Crippen LogP) is 6.76. The van der Waals surface area contributed by atoms with Gasteiger partial charge in [0.25, 0.3) is 0 Å². The fraction of sp³-hybridized carbons (Fsp3) is 0.333. The monoisotopic (exact) mass is 420 g/mol. The Morgan fingerprint density at radius 1 is 0.871 bits per heavy atom. The summed E-state index contributed by atoms with van der Waals surface area (Å²) in [5.41, 5.74) is 1.73. The van der Waals surface area contributed by atoms with E-state index in [1.54, 1.807) is 18.2 Å². The molecule has 3 aromatic rings. The van der Waals surface area contributed by atoms with Gasteiger partial charge in [-0.05, 0) is 53.6 Å². The lowest BCUT2D eigenvalue weighted by Gasteiger charge is -2.29. The maximum Gasteiger partial charge on any atom is 0.183 e. The summed E-state index contributed by atoms with van der Waals surface area (Å²) < 4.78 is 39.6. The molecule has 3 aromatic carbocycles. The van der Waals surface area contributed by atoms with Crippen LogP contribution >= 0.6 is 0 Å². The zero-order valence-electron chi connectivity index (χ0n) is 17.7. The Morgan fingerprint density at radius 3 is 2.42 bits per heavy atom. The molecule has 1 heterocycles. The average molecular weight is 420 g/mol. The van der Waals surface area contributed by atoms with Gasteiger partial charge in [-0.15, -0.1) is 0 Å². The van der Waals surface area contributed by atoms with E-state index < -0.39 is 12.1 Å². The zero-order chi connectivity index (χ0) is 21.6. The van der Waals surface area contributed by atoms with Gasteiger partial charge in [0, 0.05) is 17.0 Å². The predicted molar refractivity (Wildman–Crippen MR) is 119 cm³/mol. The molecular formula is C27H26F2O2. The number of benzene rings is 3. The Balaban J connectivity index is 1.41. The maximum absolute atomic E-state index is 14.6. The van der Waals surface area contributed by atoms with Crippen LogP contribution in [0.2, 0.25) is 0 Å². The standard InChI is InChI=1S/C27H26F2O2/c1-2-3-4-5-20-17-30-27(31-18-20)24-11-10-21(26(29)16-24)8-6-19-7-9-23-15-25(28)13-12-22(23)14-19/h7,9-16,20,27H,2-5,17-18H2,1H3. The zero-order valence-corrected chi connectivity index (χ0v) is 17.7. The van der Waals surface area contributed by atoms with Crippen LogP contribution in [0.25, 0.3) is 10.8 Å². The van der Waals surface area contributed by atoms with Crippen LogP contribution < -0.4 is 0 Å². The van der Waals surface area contributed by atoms with Gasteiger partial charge in [-0.3, -0.25) is 0 Å². The molecule has 0 radical (unpaired) electrons. The molecule has 0 aliphatic carbocycles. The van der Waals surface area contributed by atoms with Crippen molar-refractivity contribution in [3.63, 3.8) is 0 Å². The Hall–Kier alpha value is -2.74. The molecule has 4 rings (SSSR count). The number of ether oxygens (including phenoxy) is 2. The minimum atomic E-state index is -0.528. The highest BCUT2D eigenvalue weighted by Gasteiger charge is 2.23. The van der Waals surface area contributed by atoms with Gasteiger partial charge in [0.2, 0.25) is 0 Å². The van der Waals surface area contributed by atoms with Crippen molar-refractivity contribution in [1.82, 2.24) is 0 Å². The van der Waals surface area contributed by atoms with Crippen LogP contribution in [0.1, 0.15) is 55.6 Å². The largest absolute Gasteiger partial charge is 0.348 e. The Kier molecular flexibility index (Phi) is 6.96. The lowest BCUT2D eigenvalue weighted by molar-refractivity contribution is -0.206. The highest BCUT2D eigenvalue weighted by atomic mass is 19.1. The second kappa shape index (κ2) is 10.0. The molecule has 4 heteroatoms. The van der Waals surface area contributed by atoms with Crippen molar-refractivity contribution in [2.24, 2.45) is 5.92 Å². The summed E-state index contributed by atoms with van der Waals surface area (Å²) in [6.45, 7) is 3.48. The van der Waals surface area contributed by atoms with Crippen LogP contribution in [0.3, 0.4) is 0 Å². The van der Waals surface area contributed by atoms with E-state index in [1.807, 2.05) is 18.2 Å². The topological polar surface area (TPSA) is 18.5 Å². The Morgan fingerprint density at radius 2 is 1.65 bits per heavy atom. The lowest BCUT2D eigenvalue weighted by Crippen LogP contribution is -2.27. The number of hydrogen-bond donors (Lipinski definition) is 0. The van der Waals surface area contributed by atoms with Gasteiger partial charge in [-0.1, -0.05) is 56.2 Å². The van der Waals surface area contributed by atoms with E-state index in [2.05, 4.69) is 18.8 Å². The molecule has 1 fully saturated rings. The molecule has 0 unspecified atom stereocenters. The third-order valence-corrected chi connectivity index (χ3v) is 5.59. The molecule has 0 amide bonds. The molecular weight excluding hydrogens is 394 g/mol. The van der Waals surface area contributed by atoms with E-state index in [0.29, 0.717) is 30.3 Å². The molecule has 1 aliphatic rings. The van der Waals surface area contributed by atoms with Crippen molar-refractivity contribution < 1.29 is 18.3 Å². The van der Waals surface area contributed by atoms with E-state index >= 15 is 0 Å². The minimum absolute atomic E-state index is 0.272. The van der Waals surface area contributed by atoms with Gasteiger partial charge >= 0.3 is 0 Å². The fourth-order valence-corrected chi connectivity index (χ4v) is 3.80. The summed E-state index contributed by atoms with van der Waals surface area (Å²) in [6, 6.07) is 15.0. The molecule has 0 spiro atoms. The highest BCUT2D eigenvalue weighted by molar-refractivity contribution is 5.83. The molecule has 0 N–H and O–H groups in total. The van der Waals surface area contributed by atoms with E-state index in [4.69, 9.17) is 9.47 Å². The van der Waals surface area contributed by atoms with Crippen LogP contribution in [0, 0.1) is 29.4 Å². The first-order chi connectivity index (χ1) is 15.1. The second-order valence-electron chi connectivity index (χ2n) is 8.06. The summed E-state index contributed by atoms with van der Waals surface area (Å²) in [4.78, 5) is 0. The van der Waals surface area contributed by atoms with E-state index in [1.165, 1.54) is 37.5 Å². The summed E-state index contributed by atoms with van der Waals surface area (Å²) >= 11 is 0. The lowest BCUT2D eigenvalue weighted by atomic mass is 10.0. The molecule has 0 saturated carbocycles. The molecule has 1 aliphatic heterocycles. The number of unbranched alkanes of at least 4 members (excludes halogenated alkanes) is 2. The summed E-state index contributed by atoms with van der Waals surface area (Å²) in [7, 11) is 0. The van der Waals surface area contributed by atoms with Crippen LogP contribution in [0.5, 0.6) is 0 Å². The van der Waals surface area contributed by atoms with Gasteiger partial charge in [0.05, 0.1) is 18.8 Å². The third kappa shape index (κ3) is 5.50. The van der Waals surface area contributed by atoms with Crippen LogP contribution in [-0.2, 0) is 9.47 Å². The normalized spacial score (nSPS) is 18.5. The Labute approximate surface area is 182 Å². The summed E-state index contributed by atoms with van der Waals surface area (Å²) in [5.74, 6) is 5.63. The van der Waals surface area contributed by atoms with Crippen LogP contribution in [0.15, 0.2) is 54.6 Å². The Bertz CT molecular complexity index is 1110. The fourth-order valence-electron chi connectivity index (χ4n) is 3.80. The summed E-state index contributed by atoms with van der Waals surface area (Å²) in [5, 5.41) is 1.70. The van der Waals surface area contributed by atoms with Gasteiger partial charge in [0.1, 0.15) is 11.6 Å². The van der Waals surface area contributed by atoms with Crippen molar-refractivity contribution in [2.45, 2.75) is 38.9 Å². The van der Waals surface area contributed by atoms with Gasteiger partial charge < -0.3 is 9.47 Å². The first kappa shape index (κ1) is 21.5. The highest BCUT2D eigenvalue weighted by Crippen LogP contribution is 2.28. The van der Waals surface area contributed by atoms with Crippen LogP contribution in [-0.4, -0.2) is 13.2 Å². The molecule has 0 bridgehead atoms. The molecule has 160 valence electrons. The smallest absolute Gasteiger partial charge is 0.183 e. The molecule has 2 nitrogen and oxygen atoms in total. The number of halogens is 2. The first-order valence-corrected chi connectivity index (χ1v) is 10.9. The van der Waals surface area contributed by atoms with Crippen molar-refractivity contribution in [2.75, 3.05) is 13.2 Å². The van der Waals surface area contributed by atoms with Crippen molar-refractivity contribution in [3.8, 4) is 11.8 Å². The average Bonchev–Trinajstić information content (AvgIpc) is 2.79. The molecule has 0 aromatic heterocycles. The SMILES string of the molecule is CCCCCC1COC(c2ccc(C#Cc3ccc4cc(F)ccc4c3)c(F)c2)OC1. The quantitative estimate of drug-likeness (QED) is 0.335. The van der Waals surface area contributed by atoms with Gasteiger partial charge in [-0.25, -0.2) is 8.78 Å². The molecule has 1 saturated heterocycles. The number of fused-ring (bicyclic) bond motifs is 1. The molecule has 31 heavy (non-hydrogen) atoms. The van der Waals surface area contributed by atoms with Crippen LogP contribution in [0.4, 0.5) is 8.78 Å². The maximum atomic E-state index is 14.6. The number of rotatable bonds is 5. The van der Waals surface area contributed by atoms with Crippen molar-refractivity contribution >= 4 is 10.8 Å². The van der Waals surface area contributed by atoms with E-state index in [0.717, 1.165) is 22.8 Å². The van der Waals surface area contributed by atoms with E-state index in [-0.39, 0.29) is 5.82 Å². The molecule has 0 atom stereocenters. The van der Waals surface area contributed by atoms with E-state index in [9.17, 15) is 8.78 Å². The van der Waals surface area contributed by atoms with Gasteiger partial charge in [-0.2, -0.15) is 0 Å². The van der Waals surface area contributed by atoms with Gasteiger partial charge in [0.15, 0.2) is 6.29 Å². The second-order valence-corrected chi connectivity index (χ2v) is 8.06.